The molecule has 1 fully saturated rings. The van der Waals surface area contributed by atoms with Crippen molar-refractivity contribution < 1.29 is 49.3 Å². The molecule has 1 saturated heterocycles. The Hall–Kier alpha value is -3.94. The summed E-state index contributed by atoms with van der Waals surface area (Å²) in [6.45, 7) is 5.60. The van der Waals surface area contributed by atoms with E-state index in [4.69, 9.17) is 14.2 Å². The highest BCUT2D eigenvalue weighted by Gasteiger charge is 2.47. The molecule has 79 heavy (non-hydrogen) atoms. The Morgan fingerprint density at radius 2 is 0.911 bits per heavy atom. The maximum atomic E-state index is 13.4. The Bertz CT molecular complexity index is 1740. The lowest BCUT2D eigenvalue weighted by molar-refractivity contribution is -0.305. The second-order valence-electron chi connectivity index (χ2n) is 21.0. The lowest BCUT2D eigenvalue weighted by Gasteiger charge is -2.41. The molecule has 0 aromatic heterocycles. The van der Waals surface area contributed by atoms with E-state index in [1.165, 1.54) is 70.6 Å². The molecule has 1 aliphatic rings. The smallest absolute Gasteiger partial charge is 0.306 e. The van der Waals surface area contributed by atoms with E-state index >= 15 is 0 Å². The number of aliphatic hydroxyl groups excluding tert-OH is 5. The minimum atomic E-state index is -1.64. The Morgan fingerprint density at radius 1 is 0.506 bits per heavy atom. The number of esters is 1. The summed E-state index contributed by atoms with van der Waals surface area (Å²) < 4.78 is 17.6. The summed E-state index contributed by atoms with van der Waals surface area (Å²) in [6.07, 6.45) is 65.1. The summed E-state index contributed by atoms with van der Waals surface area (Å²) in [5, 5.41) is 57.0. The van der Waals surface area contributed by atoms with Crippen molar-refractivity contribution in [3.63, 3.8) is 0 Å². The first-order chi connectivity index (χ1) is 38.7. The van der Waals surface area contributed by atoms with Crippen LogP contribution in [0, 0.1) is 0 Å². The summed E-state index contributed by atoms with van der Waals surface area (Å²) in [5.41, 5.74) is 0. The van der Waals surface area contributed by atoms with Crippen LogP contribution in [0.4, 0.5) is 0 Å². The van der Waals surface area contributed by atoms with Gasteiger partial charge < -0.3 is 45.1 Å². The average Bonchev–Trinajstić information content (AvgIpc) is 3.49. The first-order valence-electron chi connectivity index (χ1n) is 31.3. The first-order valence-corrected chi connectivity index (χ1v) is 31.3. The molecule has 450 valence electrons. The van der Waals surface area contributed by atoms with E-state index in [-0.39, 0.29) is 19.4 Å². The van der Waals surface area contributed by atoms with Gasteiger partial charge in [-0.1, -0.05) is 232 Å². The van der Waals surface area contributed by atoms with E-state index in [1.54, 1.807) is 6.08 Å². The number of amides is 1. The van der Waals surface area contributed by atoms with Gasteiger partial charge in [-0.3, -0.25) is 9.59 Å². The number of carbonyl (C=O) groups excluding carboxylic acids is 2. The van der Waals surface area contributed by atoms with Crippen molar-refractivity contribution in [1.29, 1.82) is 0 Å². The molecule has 0 aromatic rings. The summed E-state index contributed by atoms with van der Waals surface area (Å²) >= 11 is 0. The average molecular weight is 1100 g/mol. The summed E-state index contributed by atoms with van der Waals surface area (Å²) in [7, 11) is 0. The number of carbonyl (C=O) groups is 2. The van der Waals surface area contributed by atoms with Crippen molar-refractivity contribution in [2.24, 2.45) is 0 Å². The number of unbranched alkanes of at least 4 members (excludes halogenated alkanes) is 19. The van der Waals surface area contributed by atoms with Crippen LogP contribution in [0.3, 0.4) is 0 Å². The highest BCUT2D eigenvalue weighted by Crippen LogP contribution is 2.26. The van der Waals surface area contributed by atoms with Crippen LogP contribution in [0.2, 0.25) is 0 Å². The number of ether oxygens (including phenoxy) is 3. The topological polar surface area (TPSA) is 175 Å². The highest BCUT2D eigenvalue weighted by atomic mass is 16.7. The minimum Gasteiger partial charge on any atom is -0.454 e. The molecule has 1 amide bonds. The van der Waals surface area contributed by atoms with Gasteiger partial charge in [0.05, 0.1) is 25.4 Å². The van der Waals surface area contributed by atoms with Gasteiger partial charge in [-0.2, -0.15) is 0 Å². The second-order valence-corrected chi connectivity index (χ2v) is 21.0. The van der Waals surface area contributed by atoms with Gasteiger partial charge in [0.1, 0.15) is 24.4 Å². The summed E-state index contributed by atoms with van der Waals surface area (Å²) in [6, 6.07) is -1.05. The van der Waals surface area contributed by atoms with Gasteiger partial charge in [0.2, 0.25) is 5.91 Å². The SMILES string of the molecule is CC/C=C\C/C=C\C/C=C\C/C=C\C/C=C\C/C=C\CCCCC(=O)OC1C(OCC(NC(=O)C(O)CCCCC/C=C\C/C=C\C/C=C\CCCCC)C(O)/C=C/CCCCCCCCCCCCC)OC(CO)C(O)C1O. The molecule has 8 unspecified atom stereocenters. The van der Waals surface area contributed by atoms with E-state index in [0.717, 1.165) is 116 Å². The number of nitrogens with one attached hydrogen (secondary N) is 1. The zero-order valence-electron chi connectivity index (χ0n) is 49.7. The largest absolute Gasteiger partial charge is 0.454 e. The van der Waals surface area contributed by atoms with E-state index in [0.29, 0.717) is 12.8 Å². The number of hydrogen-bond donors (Lipinski definition) is 6. The van der Waals surface area contributed by atoms with Crippen LogP contribution in [0.1, 0.15) is 233 Å². The summed E-state index contributed by atoms with van der Waals surface area (Å²) in [5.74, 6) is -1.27. The van der Waals surface area contributed by atoms with E-state index in [1.807, 2.05) is 6.08 Å². The molecule has 11 heteroatoms. The molecule has 6 N–H and O–H groups in total. The zero-order chi connectivity index (χ0) is 57.5. The van der Waals surface area contributed by atoms with E-state index < -0.39 is 67.4 Å². The van der Waals surface area contributed by atoms with Crippen LogP contribution in [-0.2, 0) is 23.8 Å². The van der Waals surface area contributed by atoms with Crippen LogP contribution in [0.25, 0.3) is 0 Å². The maximum absolute atomic E-state index is 13.4. The van der Waals surface area contributed by atoms with Gasteiger partial charge in [0, 0.05) is 6.42 Å². The molecule has 0 aliphatic carbocycles. The normalized spacial score (nSPS) is 19.7. The minimum absolute atomic E-state index is 0.0587. The molecule has 1 heterocycles. The molecule has 8 atom stereocenters. The number of aliphatic hydroxyl groups is 5. The standard InChI is InChI=1S/C68H113NO10/c1-4-7-10-13-16-19-22-25-27-29-30-31-32-33-35-38-41-44-47-50-53-56-63(73)79-66-65(75)64(74)62(57-70)78-68(66)77-58-59(60(71)54-51-48-45-42-39-36-24-21-18-15-12-9-6-3)69-67(76)61(72)55-52-49-46-43-40-37-34-28-26-23-20-17-14-11-8-5-2/h7,10,16-17,19-20,25-28,30-31,33,35,37,40-41,44,51,54,59-62,64-66,68,70-72,74-75H,4-6,8-9,11-15,18,21-24,29,32,34,36,38-39,42-43,45-50,52-53,55-58H2,1-3H3,(H,69,76)/b10-7-,19-16-,20-17-,27-25-,28-26-,31-30-,35-33-,40-37-,44-41-,54-51+. The zero-order valence-corrected chi connectivity index (χ0v) is 49.7. The molecule has 0 aromatic carbocycles. The molecule has 0 bridgehead atoms. The van der Waals surface area contributed by atoms with Gasteiger partial charge >= 0.3 is 5.97 Å². The van der Waals surface area contributed by atoms with Crippen LogP contribution in [0.15, 0.2) is 122 Å². The Balaban J connectivity index is 2.74. The Labute approximate surface area is 480 Å². The Kier molecular flexibility index (Phi) is 50.5. The van der Waals surface area contributed by atoms with E-state index in [2.05, 4.69) is 135 Å². The fourth-order valence-corrected chi connectivity index (χ4v) is 8.89. The quantitative estimate of drug-likeness (QED) is 0.0195. The molecular weight excluding hydrogens is 991 g/mol. The lowest BCUT2D eigenvalue weighted by atomic mass is 9.99. The Morgan fingerprint density at radius 3 is 1.39 bits per heavy atom. The van der Waals surface area contributed by atoms with Crippen LogP contribution in [-0.4, -0.2) is 99.6 Å². The van der Waals surface area contributed by atoms with Gasteiger partial charge in [0.25, 0.3) is 0 Å². The number of hydrogen-bond acceptors (Lipinski definition) is 10. The van der Waals surface area contributed by atoms with Crippen LogP contribution in [0.5, 0.6) is 0 Å². The molecule has 11 nitrogen and oxygen atoms in total. The van der Waals surface area contributed by atoms with Gasteiger partial charge in [-0.05, 0) is 116 Å². The highest BCUT2D eigenvalue weighted by molar-refractivity contribution is 5.80. The number of rotatable bonds is 51. The molecule has 1 aliphatic heterocycles. The van der Waals surface area contributed by atoms with Gasteiger partial charge in [0.15, 0.2) is 12.4 Å². The predicted octanol–water partition coefficient (Wildman–Crippen LogP) is 15.1. The molecular formula is C68H113NO10. The van der Waals surface area contributed by atoms with E-state index in [9.17, 15) is 35.1 Å². The molecule has 1 rings (SSSR count). The van der Waals surface area contributed by atoms with Crippen molar-refractivity contribution in [3.05, 3.63) is 122 Å². The van der Waals surface area contributed by atoms with Crippen LogP contribution < -0.4 is 5.32 Å². The maximum Gasteiger partial charge on any atom is 0.306 e. The number of allylic oxidation sites excluding steroid dienone is 19. The van der Waals surface area contributed by atoms with Crippen LogP contribution >= 0.6 is 0 Å². The van der Waals surface area contributed by atoms with Crippen molar-refractivity contribution in [3.8, 4) is 0 Å². The van der Waals surface area contributed by atoms with Gasteiger partial charge in [-0.15, -0.1) is 0 Å². The fraction of sp³-hybridized carbons (Fsp3) is 0.676. The summed E-state index contributed by atoms with van der Waals surface area (Å²) in [4.78, 5) is 26.5. The van der Waals surface area contributed by atoms with Gasteiger partial charge in [-0.25, -0.2) is 0 Å². The first kappa shape index (κ1) is 73.1. The molecule has 0 saturated carbocycles. The molecule has 0 spiro atoms. The van der Waals surface area contributed by atoms with Crippen molar-refractivity contribution in [2.75, 3.05) is 13.2 Å². The third-order valence-electron chi connectivity index (χ3n) is 13.8. The monoisotopic (exact) mass is 1100 g/mol. The lowest BCUT2D eigenvalue weighted by Crippen LogP contribution is -2.61. The molecule has 0 radical (unpaired) electrons. The second kappa shape index (κ2) is 54.6. The third-order valence-corrected chi connectivity index (χ3v) is 13.8. The van der Waals surface area contributed by atoms with Crippen molar-refractivity contribution in [1.82, 2.24) is 5.32 Å². The van der Waals surface area contributed by atoms with Crippen molar-refractivity contribution >= 4 is 11.9 Å². The predicted molar refractivity (Wildman–Crippen MR) is 328 cm³/mol. The third kappa shape index (κ3) is 42.6. The fourth-order valence-electron chi connectivity index (χ4n) is 8.89. The van der Waals surface area contributed by atoms with Crippen molar-refractivity contribution in [2.45, 2.75) is 282 Å².